The van der Waals surface area contributed by atoms with Gasteiger partial charge in [0, 0.05) is 13.0 Å². The Balaban J connectivity index is 2.19. The topological polar surface area (TPSA) is 177 Å². The van der Waals surface area contributed by atoms with Crippen LogP contribution >= 0.6 is 0 Å². The van der Waals surface area contributed by atoms with Crippen LogP contribution in [0.2, 0.25) is 0 Å². The molecule has 1 aromatic rings. The zero-order valence-electron chi connectivity index (χ0n) is 19.7. The number of nitrogens with one attached hydrogen (secondary N) is 3. The minimum absolute atomic E-state index is 0.196. The molecule has 0 bridgehead atoms. The predicted octanol–water partition coefficient (Wildman–Crippen LogP) is -1.45. The largest absolute Gasteiger partial charge is 0.368 e. The van der Waals surface area contributed by atoms with E-state index in [1.54, 1.807) is 0 Å². The fourth-order valence-corrected chi connectivity index (χ4v) is 3.64. The van der Waals surface area contributed by atoms with Gasteiger partial charge in [0.25, 0.3) is 0 Å². The molecule has 1 aromatic carbocycles. The third-order valence-corrected chi connectivity index (χ3v) is 5.69. The summed E-state index contributed by atoms with van der Waals surface area (Å²) in [6.07, 6.45) is 1.22. The van der Waals surface area contributed by atoms with Crippen molar-refractivity contribution in [3.05, 3.63) is 35.9 Å². The maximum Gasteiger partial charge on any atom is 0.246 e. The summed E-state index contributed by atoms with van der Waals surface area (Å²) >= 11 is 0. The number of rotatable bonds is 10. The van der Waals surface area contributed by atoms with Gasteiger partial charge in [0.05, 0.1) is 6.04 Å². The number of nitrogens with two attached hydrogens (primary N) is 2. The molecule has 1 saturated heterocycles. The molecule has 2 rings (SSSR count). The van der Waals surface area contributed by atoms with Gasteiger partial charge in [-0.25, -0.2) is 0 Å². The zero-order chi connectivity index (χ0) is 25.4. The van der Waals surface area contributed by atoms with Crippen LogP contribution in [0.3, 0.4) is 0 Å². The number of primary amides is 1. The van der Waals surface area contributed by atoms with Crippen LogP contribution in [0, 0.1) is 0 Å². The number of hydrogen-bond acceptors (Lipinski definition) is 6. The van der Waals surface area contributed by atoms with Crippen LogP contribution in [0.15, 0.2) is 30.3 Å². The number of likely N-dealkylation sites (tertiary alicyclic amines) is 1. The summed E-state index contributed by atoms with van der Waals surface area (Å²) in [5, 5.41) is 7.75. The van der Waals surface area contributed by atoms with Crippen molar-refractivity contribution in [3.8, 4) is 0 Å². The second-order valence-electron chi connectivity index (χ2n) is 8.59. The predicted molar refractivity (Wildman–Crippen MR) is 125 cm³/mol. The van der Waals surface area contributed by atoms with Crippen molar-refractivity contribution in [1.82, 2.24) is 20.9 Å². The van der Waals surface area contributed by atoms with Gasteiger partial charge in [-0.05, 0) is 39.2 Å². The minimum Gasteiger partial charge on any atom is -0.368 e. The number of carbonyl (C=O) groups excluding carboxylic acids is 5. The molecule has 0 aromatic heterocycles. The highest BCUT2D eigenvalue weighted by atomic mass is 16.2. The lowest BCUT2D eigenvalue weighted by Crippen LogP contribution is -2.58. The van der Waals surface area contributed by atoms with E-state index in [1.807, 2.05) is 30.3 Å². The molecule has 1 aliphatic heterocycles. The molecule has 0 radical (unpaired) electrons. The lowest BCUT2D eigenvalue weighted by atomic mass is 10.0. The smallest absolute Gasteiger partial charge is 0.246 e. The number of amides is 5. The van der Waals surface area contributed by atoms with Crippen molar-refractivity contribution < 1.29 is 24.0 Å². The van der Waals surface area contributed by atoms with Crippen LogP contribution in [-0.2, 0) is 30.4 Å². The molecule has 11 heteroatoms. The Morgan fingerprint density at radius 3 is 2.21 bits per heavy atom. The Hall–Kier alpha value is -3.47. The second-order valence-corrected chi connectivity index (χ2v) is 8.59. The highest BCUT2D eigenvalue weighted by molar-refractivity contribution is 5.96. The summed E-state index contributed by atoms with van der Waals surface area (Å²) < 4.78 is 0. The molecule has 1 aliphatic rings. The molecule has 5 amide bonds. The van der Waals surface area contributed by atoms with E-state index in [1.165, 1.54) is 25.7 Å². The zero-order valence-corrected chi connectivity index (χ0v) is 19.7. The monoisotopic (exact) mass is 474 g/mol. The van der Waals surface area contributed by atoms with Gasteiger partial charge in [-0.1, -0.05) is 30.3 Å². The lowest BCUT2D eigenvalue weighted by Gasteiger charge is -2.30. The summed E-state index contributed by atoms with van der Waals surface area (Å²) in [6.45, 7) is 4.80. The third-order valence-electron chi connectivity index (χ3n) is 5.69. The van der Waals surface area contributed by atoms with Crippen LogP contribution in [0.4, 0.5) is 0 Å². The van der Waals surface area contributed by atoms with Crippen LogP contribution in [0.1, 0.15) is 39.2 Å². The van der Waals surface area contributed by atoms with E-state index in [-0.39, 0.29) is 6.42 Å². The first-order valence-corrected chi connectivity index (χ1v) is 11.3. The van der Waals surface area contributed by atoms with E-state index in [0.717, 1.165) is 5.56 Å². The molecular weight excluding hydrogens is 440 g/mol. The fraction of sp³-hybridized carbons (Fsp3) is 0.522. The molecule has 1 heterocycles. The van der Waals surface area contributed by atoms with Gasteiger partial charge >= 0.3 is 0 Å². The first-order valence-electron chi connectivity index (χ1n) is 11.3. The molecule has 5 atom stereocenters. The average molecular weight is 475 g/mol. The van der Waals surface area contributed by atoms with Gasteiger partial charge in [0.1, 0.15) is 24.2 Å². The minimum atomic E-state index is -0.966. The number of nitrogens with zero attached hydrogens (tertiary/aromatic N) is 1. The summed E-state index contributed by atoms with van der Waals surface area (Å²) in [6, 6.07) is 4.81. The van der Waals surface area contributed by atoms with Crippen LogP contribution in [0.25, 0.3) is 0 Å². The molecule has 0 aliphatic carbocycles. The van der Waals surface area contributed by atoms with E-state index < -0.39 is 59.7 Å². The Kier molecular flexibility index (Phi) is 9.55. The van der Waals surface area contributed by atoms with Crippen molar-refractivity contribution in [2.45, 2.75) is 70.2 Å². The molecular formula is C23H34N6O5. The van der Waals surface area contributed by atoms with Gasteiger partial charge in [0.15, 0.2) is 0 Å². The van der Waals surface area contributed by atoms with Crippen molar-refractivity contribution in [2.24, 2.45) is 11.5 Å². The van der Waals surface area contributed by atoms with Gasteiger partial charge < -0.3 is 32.3 Å². The third kappa shape index (κ3) is 7.27. The van der Waals surface area contributed by atoms with Gasteiger partial charge in [-0.2, -0.15) is 0 Å². The summed E-state index contributed by atoms with van der Waals surface area (Å²) in [5.41, 5.74) is 11.6. The normalized spacial score (nSPS) is 18.8. The SMILES string of the molecule is C[C@H](N)C(=O)N[C@@H](C)C(=O)N[C@@H](Cc1ccccc1)C(=O)N1CCC[C@H]1C(=O)N[C@@H](C)C(N)=O. The maximum absolute atomic E-state index is 13.5. The lowest BCUT2D eigenvalue weighted by molar-refractivity contribution is -0.142. The number of hydrogen-bond donors (Lipinski definition) is 5. The highest BCUT2D eigenvalue weighted by Gasteiger charge is 2.38. The fourth-order valence-electron chi connectivity index (χ4n) is 3.64. The van der Waals surface area contributed by atoms with Gasteiger partial charge in [0.2, 0.25) is 29.5 Å². The molecule has 11 nitrogen and oxygen atoms in total. The number of carbonyl (C=O) groups is 5. The second kappa shape index (κ2) is 12.1. The molecule has 0 spiro atoms. The molecule has 0 saturated carbocycles. The Morgan fingerprint density at radius 2 is 1.62 bits per heavy atom. The van der Waals surface area contributed by atoms with E-state index in [4.69, 9.17) is 11.5 Å². The van der Waals surface area contributed by atoms with E-state index in [9.17, 15) is 24.0 Å². The number of benzene rings is 1. The van der Waals surface area contributed by atoms with Gasteiger partial charge in [-0.15, -0.1) is 0 Å². The Labute approximate surface area is 199 Å². The Bertz CT molecular complexity index is 906. The van der Waals surface area contributed by atoms with Gasteiger partial charge in [-0.3, -0.25) is 24.0 Å². The molecule has 7 N–H and O–H groups in total. The van der Waals surface area contributed by atoms with Crippen LogP contribution in [-0.4, -0.2) is 71.2 Å². The maximum atomic E-state index is 13.5. The van der Waals surface area contributed by atoms with E-state index in [0.29, 0.717) is 19.4 Å². The van der Waals surface area contributed by atoms with E-state index in [2.05, 4.69) is 16.0 Å². The quantitative estimate of drug-likeness (QED) is 0.277. The van der Waals surface area contributed by atoms with Crippen LogP contribution in [0.5, 0.6) is 0 Å². The van der Waals surface area contributed by atoms with Crippen molar-refractivity contribution in [3.63, 3.8) is 0 Å². The summed E-state index contributed by atoms with van der Waals surface area (Å²) in [4.78, 5) is 63.6. The summed E-state index contributed by atoms with van der Waals surface area (Å²) in [5.74, 6) is -2.62. The standard InChI is InChI=1S/C23H34N6O5/c1-13(24)20(31)27-15(3)21(32)28-17(12-16-8-5-4-6-9-16)23(34)29-11-7-10-18(29)22(33)26-14(2)19(25)30/h4-6,8-9,13-15,17-18H,7,10-12,24H2,1-3H3,(H2,25,30)(H,26,33)(H,27,31)(H,28,32)/t13-,14-,15-,17-,18-/m0/s1. The van der Waals surface area contributed by atoms with Crippen molar-refractivity contribution >= 4 is 29.5 Å². The molecule has 1 fully saturated rings. The first kappa shape index (κ1) is 26.8. The first-order chi connectivity index (χ1) is 16.0. The Morgan fingerprint density at radius 1 is 0.971 bits per heavy atom. The average Bonchev–Trinajstić information content (AvgIpc) is 3.28. The van der Waals surface area contributed by atoms with E-state index >= 15 is 0 Å². The molecule has 186 valence electrons. The van der Waals surface area contributed by atoms with Crippen molar-refractivity contribution in [1.29, 1.82) is 0 Å². The highest BCUT2D eigenvalue weighted by Crippen LogP contribution is 2.20. The molecule has 34 heavy (non-hydrogen) atoms. The molecule has 0 unspecified atom stereocenters. The van der Waals surface area contributed by atoms with Crippen LogP contribution < -0.4 is 27.4 Å². The summed E-state index contributed by atoms with van der Waals surface area (Å²) in [7, 11) is 0. The van der Waals surface area contributed by atoms with Crippen molar-refractivity contribution in [2.75, 3.05) is 6.54 Å².